The molecule has 2 N–H and O–H groups in total. The molecule has 2 heterocycles. The van der Waals surface area contributed by atoms with Crippen molar-refractivity contribution >= 4 is 22.4 Å². The summed E-state index contributed by atoms with van der Waals surface area (Å²) in [5, 5.41) is 20.8. The number of hydrogen-bond donors (Lipinski definition) is 2. The van der Waals surface area contributed by atoms with Gasteiger partial charge in [-0.05, 0) is 12.8 Å². The van der Waals surface area contributed by atoms with Crippen LogP contribution >= 0.6 is 11.3 Å². The van der Waals surface area contributed by atoms with E-state index in [1.54, 1.807) is 6.33 Å². The second-order valence-electron chi connectivity index (χ2n) is 4.47. The Morgan fingerprint density at radius 3 is 3.21 bits per heavy atom. The number of fused-ring (bicyclic) bond motifs is 1. The highest BCUT2D eigenvalue weighted by atomic mass is 32.1. The van der Waals surface area contributed by atoms with E-state index in [1.807, 2.05) is 11.6 Å². The monoisotopic (exact) mass is 279 g/mol. The highest BCUT2D eigenvalue weighted by Gasteiger charge is 2.32. The van der Waals surface area contributed by atoms with E-state index in [9.17, 15) is 4.79 Å². The maximum absolute atomic E-state index is 11.1. The summed E-state index contributed by atoms with van der Waals surface area (Å²) in [6, 6.07) is 0. The average Bonchev–Trinajstić information content (AvgIpc) is 3.00. The first kappa shape index (κ1) is 12.1. The quantitative estimate of drug-likeness (QED) is 0.867. The predicted molar refractivity (Wildman–Crippen MR) is 69.1 cm³/mol. The number of aliphatic carboxylic acids is 1. The van der Waals surface area contributed by atoms with Gasteiger partial charge in [0.2, 0.25) is 0 Å². The van der Waals surface area contributed by atoms with Gasteiger partial charge in [0.25, 0.3) is 0 Å². The third-order valence-corrected chi connectivity index (χ3v) is 4.31. The zero-order valence-electron chi connectivity index (χ0n) is 10.3. The van der Waals surface area contributed by atoms with Gasteiger partial charge in [0.1, 0.15) is 12.2 Å². The summed E-state index contributed by atoms with van der Waals surface area (Å²) in [6.07, 6.45) is 3.10. The summed E-state index contributed by atoms with van der Waals surface area (Å²) in [4.78, 5) is 16.6. The number of rotatable bonds is 4. The topological polar surface area (TPSA) is 92.9 Å². The summed E-state index contributed by atoms with van der Waals surface area (Å²) >= 11 is 1.53. The third kappa shape index (κ3) is 2.19. The molecule has 0 radical (unpaired) electrons. The molecule has 0 bridgehead atoms. The van der Waals surface area contributed by atoms with Crippen LogP contribution in [0, 0.1) is 0 Å². The van der Waals surface area contributed by atoms with Crippen LogP contribution in [0.1, 0.15) is 28.7 Å². The molecule has 100 valence electrons. The minimum absolute atomic E-state index is 0.448. The number of nitrogens with zero attached hydrogens (tertiary/aromatic N) is 4. The smallest absolute Gasteiger partial charge is 0.312 e. The maximum atomic E-state index is 11.1. The van der Waals surface area contributed by atoms with Crippen molar-refractivity contribution in [3.63, 3.8) is 0 Å². The zero-order chi connectivity index (χ0) is 13.4. The second kappa shape index (κ2) is 4.61. The number of thiazole rings is 1. The van der Waals surface area contributed by atoms with Crippen molar-refractivity contribution in [2.24, 2.45) is 7.05 Å². The van der Waals surface area contributed by atoms with Gasteiger partial charge in [-0.2, -0.15) is 0 Å². The fourth-order valence-corrected chi connectivity index (χ4v) is 3.20. The van der Waals surface area contributed by atoms with Crippen molar-refractivity contribution in [2.45, 2.75) is 25.3 Å². The lowest BCUT2D eigenvalue weighted by Crippen LogP contribution is -2.09. The molecule has 3 rings (SSSR count). The maximum Gasteiger partial charge on any atom is 0.312 e. The van der Waals surface area contributed by atoms with Crippen LogP contribution in [-0.2, 0) is 24.8 Å². The number of carboxylic acids is 1. The van der Waals surface area contributed by atoms with Gasteiger partial charge in [-0.15, -0.1) is 21.5 Å². The molecule has 2 aromatic heterocycles. The second-order valence-corrected chi connectivity index (χ2v) is 5.55. The normalized spacial score (nSPS) is 17.4. The van der Waals surface area contributed by atoms with Gasteiger partial charge in [-0.3, -0.25) is 4.79 Å². The van der Waals surface area contributed by atoms with E-state index < -0.39 is 11.9 Å². The highest BCUT2D eigenvalue weighted by molar-refractivity contribution is 7.15. The fourth-order valence-electron chi connectivity index (χ4n) is 2.16. The molecule has 1 aliphatic rings. The van der Waals surface area contributed by atoms with E-state index in [0.29, 0.717) is 13.0 Å². The molecule has 0 amide bonds. The van der Waals surface area contributed by atoms with E-state index in [4.69, 9.17) is 5.11 Å². The zero-order valence-corrected chi connectivity index (χ0v) is 11.1. The van der Waals surface area contributed by atoms with Crippen LogP contribution in [0.25, 0.3) is 0 Å². The van der Waals surface area contributed by atoms with Crippen molar-refractivity contribution in [1.82, 2.24) is 19.7 Å². The van der Waals surface area contributed by atoms with E-state index >= 15 is 0 Å². The van der Waals surface area contributed by atoms with E-state index in [1.165, 1.54) is 11.3 Å². The Kier molecular flexibility index (Phi) is 2.94. The van der Waals surface area contributed by atoms with E-state index in [-0.39, 0.29) is 0 Å². The summed E-state index contributed by atoms with van der Waals surface area (Å²) in [7, 11) is 1.87. The molecule has 0 spiro atoms. The Hall–Kier alpha value is -1.96. The van der Waals surface area contributed by atoms with Crippen molar-refractivity contribution in [2.75, 3.05) is 5.32 Å². The number of anilines is 1. The first-order valence-corrected chi connectivity index (χ1v) is 6.76. The number of aryl methyl sites for hydroxylation is 2. The molecule has 1 unspecified atom stereocenters. The van der Waals surface area contributed by atoms with Gasteiger partial charge in [-0.1, -0.05) is 0 Å². The van der Waals surface area contributed by atoms with Crippen LogP contribution in [0.15, 0.2) is 6.33 Å². The predicted octanol–water partition coefficient (Wildman–Crippen LogP) is 0.998. The first-order chi connectivity index (χ1) is 9.15. The molecule has 0 aliphatic heterocycles. The molecule has 7 nitrogen and oxygen atoms in total. The Bertz CT molecular complexity index is 620. The molecular weight excluding hydrogens is 266 g/mol. The standard InChI is InChI=1S/C11H13N5O2S/c1-16-5-13-15-8(16)4-12-11-14-9-6(10(17)18)2-3-7(9)19-11/h5-6H,2-4H2,1H3,(H,12,14)(H,17,18). The number of carbonyl (C=O) groups is 1. The molecule has 0 saturated carbocycles. The van der Waals surface area contributed by atoms with Crippen LogP contribution in [0.4, 0.5) is 5.13 Å². The fraction of sp³-hybridized carbons (Fsp3) is 0.455. The molecule has 0 saturated heterocycles. The SMILES string of the molecule is Cn1cnnc1CNc1nc2c(s1)CCC2C(=O)O. The van der Waals surface area contributed by atoms with E-state index in [0.717, 1.165) is 27.9 Å². The minimum atomic E-state index is -0.788. The molecule has 8 heteroatoms. The molecule has 1 aliphatic carbocycles. The lowest BCUT2D eigenvalue weighted by Gasteiger charge is -2.03. The highest BCUT2D eigenvalue weighted by Crippen LogP contribution is 2.38. The third-order valence-electron chi connectivity index (χ3n) is 3.22. The lowest BCUT2D eigenvalue weighted by molar-refractivity contribution is -0.138. The van der Waals surface area contributed by atoms with Crippen LogP contribution in [0.2, 0.25) is 0 Å². The molecule has 0 fully saturated rings. The summed E-state index contributed by atoms with van der Waals surface area (Å²) < 4.78 is 1.83. The van der Waals surface area contributed by atoms with Crippen LogP contribution in [-0.4, -0.2) is 30.8 Å². The minimum Gasteiger partial charge on any atom is -0.481 e. The van der Waals surface area contributed by atoms with Gasteiger partial charge in [0.15, 0.2) is 11.0 Å². The van der Waals surface area contributed by atoms with Crippen molar-refractivity contribution in [3.8, 4) is 0 Å². The molecule has 1 atom stereocenters. The Labute approximate surface area is 113 Å². The number of hydrogen-bond acceptors (Lipinski definition) is 6. The average molecular weight is 279 g/mol. The van der Waals surface area contributed by atoms with E-state index in [2.05, 4.69) is 20.5 Å². The van der Waals surface area contributed by atoms with Crippen molar-refractivity contribution < 1.29 is 9.90 Å². The summed E-state index contributed by atoms with van der Waals surface area (Å²) in [5.41, 5.74) is 0.720. The molecule has 2 aromatic rings. The van der Waals surface area contributed by atoms with Gasteiger partial charge in [0.05, 0.1) is 12.2 Å². The number of aromatic nitrogens is 4. The van der Waals surface area contributed by atoms with Crippen LogP contribution < -0.4 is 5.32 Å². The molecular formula is C11H13N5O2S. The van der Waals surface area contributed by atoms with Gasteiger partial charge >= 0.3 is 5.97 Å². The Morgan fingerprint density at radius 2 is 2.53 bits per heavy atom. The van der Waals surface area contributed by atoms with Crippen molar-refractivity contribution in [3.05, 3.63) is 22.7 Å². The molecule has 19 heavy (non-hydrogen) atoms. The Balaban J connectivity index is 1.72. The lowest BCUT2D eigenvalue weighted by atomic mass is 10.1. The van der Waals surface area contributed by atoms with Gasteiger partial charge in [0, 0.05) is 11.9 Å². The van der Waals surface area contributed by atoms with Crippen LogP contribution in [0.5, 0.6) is 0 Å². The first-order valence-electron chi connectivity index (χ1n) is 5.94. The Morgan fingerprint density at radius 1 is 1.68 bits per heavy atom. The summed E-state index contributed by atoms with van der Waals surface area (Å²) in [6.45, 7) is 0.528. The summed E-state index contributed by atoms with van der Waals surface area (Å²) in [5.74, 6) is -0.425. The van der Waals surface area contributed by atoms with Gasteiger partial charge in [-0.25, -0.2) is 4.98 Å². The largest absolute Gasteiger partial charge is 0.481 e. The van der Waals surface area contributed by atoms with Crippen molar-refractivity contribution in [1.29, 1.82) is 0 Å². The van der Waals surface area contributed by atoms with Crippen LogP contribution in [0.3, 0.4) is 0 Å². The van der Waals surface area contributed by atoms with Gasteiger partial charge < -0.3 is 15.0 Å². The number of nitrogens with one attached hydrogen (secondary N) is 1. The molecule has 0 aromatic carbocycles. The number of carboxylic acid groups (broad SMARTS) is 1.